The van der Waals surface area contributed by atoms with Gasteiger partial charge in [-0.05, 0) is 49.4 Å². The Kier molecular flexibility index (Phi) is 7.32. The van der Waals surface area contributed by atoms with Crippen molar-refractivity contribution in [3.05, 3.63) is 46.2 Å². The lowest BCUT2D eigenvalue weighted by atomic mass is 10.0. The first-order valence-electron chi connectivity index (χ1n) is 10.0. The molecule has 1 aromatic heterocycles. The lowest BCUT2D eigenvalue weighted by molar-refractivity contribution is -0.143. The van der Waals surface area contributed by atoms with E-state index in [1.807, 2.05) is 30.5 Å². The van der Waals surface area contributed by atoms with Crippen LogP contribution in [0.1, 0.15) is 55.5 Å². The summed E-state index contributed by atoms with van der Waals surface area (Å²) in [6.07, 6.45) is 4.26. The van der Waals surface area contributed by atoms with Gasteiger partial charge in [-0.3, -0.25) is 9.10 Å². The average Bonchev–Trinajstić information content (AvgIpc) is 3.16. The number of carbonyl (C=O) groups excluding carboxylic acids is 1. The fourth-order valence-electron chi connectivity index (χ4n) is 3.59. The highest BCUT2D eigenvalue weighted by Crippen LogP contribution is 2.42. The predicted octanol–water partition coefficient (Wildman–Crippen LogP) is 4.08. The fraction of sp³-hybridized carbons (Fsp3) is 0.476. The Bertz CT molecular complexity index is 940. The zero-order chi connectivity index (χ0) is 20.9. The van der Waals surface area contributed by atoms with E-state index in [2.05, 4.69) is 5.32 Å². The maximum absolute atomic E-state index is 13.0. The second-order valence-corrected chi connectivity index (χ2v) is 9.92. The van der Waals surface area contributed by atoms with Crippen LogP contribution in [-0.4, -0.2) is 34.6 Å². The molecule has 1 aliphatic heterocycles. The summed E-state index contributed by atoms with van der Waals surface area (Å²) in [5, 5.41) is 5.51. The van der Waals surface area contributed by atoms with Crippen molar-refractivity contribution in [2.45, 2.75) is 50.0 Å². The lowest BCUT2D eigenvalue weighted by Crippen LogP contribution is -2.26. The molecule has 8 heteroatoms. The molecule has 0 amide bonds. The van der Waals surface area contributed by atoms with Crippen LogP contribution in [0.25, 0.3) is 0 Å². The van der Waals surface area contributed by atoms with Gasteiger partial charge in [0, 0.05) is 13.5 Å². The minimum Gasteiger partial charge on any atom is -0.466 e. The Labute approximate surface area is 176 Å². The standard InChI is InChI=1S/C21H28N2O4S2/c1-3-27-19(24)12-6-4-5-9-14-22-20-16-10-7-8-11-18(16)29(25,26)23(2)17-13-15-28-21(17)20/h7-8,10-11,13,15,20,22H,3-6,9,12,14H2,1-2H3. The Morgan fingerprint density at radius 3 is 2.72 bits per heavy atom. The monoisotopic (exact) mass is 436 g/mol. The molecular formula is C21H28N2O4S2. The first-order chi connectivity index (χ1) is 14.0. The van der Waals surface area contributed by atoms with Crippen molar-refractivity contribution in [2.24, 2.45) is 0 Å². The molecule has 0 aliphatic carbocycles. The minimum absolute atomic E-state index is 0.128. The largest absolute Gasteiger partial charge is 0.466 e. The van der Waals surface area contributed by atoms with Gasteiger partial charge in [0.15, 0.2) is 0 Å². The minimum atomic E-state index is -3.57. The van der Waals surface area contributed by atoms with Crippen LogP contribution in [-0.2, 0) is 19.6 Å². The summed E-state index contributed by atoms with van der Waals surface area (Å²) in [5.41, 5.74) is 1.53. The highest BCUT2D eigenvalue weighted by molar-refractivity contribution is 7.92. The van der Waals surface area contributed by atoms with Crippen LogP contribution in [0.15, 0.2) is 40.6 Å². The maximum Gasteiger partial charge on any atom is 0.305 e. The number of nitrogens with zero attached hydrogens (tertiary/aromatic N) is 1. The summed E-state index contributed by atoms with van der Waals surface area (Å²) in [5.74, 6) is -0.128. The van der Waals surface area contributed by atoms with E-state index in [9.17, 15) is 13.2 Å². The molecule has 1 aromatic carbocycles. The van der Waals surface area contributed by atoms with Gasteiger partial charge in [0.1, 0.15) is 0 Å². The average molecular weight is 437 g/mol. The summed E-state index contributed by atoms with van der Waals surface area (Å²) < 4.78 is 32.4. The molecule has 1 N–H and O–H groups in total. The lowest BCUT2D eigenvalue weighted by Gasteiger charge is -2.19. The topological polar surface area (TPSA) is 75.7 Å². The van der Waals surface area contributed by atoms with Crippen LogP contribution in [0, 0.1) is 0 Å². The van der Waals surface area contributed by atoms with Gasteiger partial charge in [0.05, 0.1) is 28.1 Å². The second kappa shape index (κ2) is 9.73. The maximum atomic E-state index is 13.0. The van der Waals surface area contributed by atoms with Gasteiger partial charge in [-0.25, -0.2) is 8.42 Å². The number of sulfonamides is 1. The number of thiophene rings is 1. The summed E-state index contributed by atoms with van der Waals surface area (Å²) in [4.78, 5) is 12.7. The van der Waals surface area contributed by atoms with E-state index in [0.717, 1.165) is 48.4 Å². The van der Waals surface area contributed by atoms with Gasteiger partial charge >= 0.3 is 5.97 Å². The molecule has 1 unspecified atom stereocenters. The molecule has 3 rings (SSSR count). The van der Waals surface area contributed by atoms with E-state index < -0.39 is 10.0 Å². The van der Waals surface area contributed by atoms with Crippen molar-refractivity contribution in [3.63, 3.8) is 0 Å². The molecule has 2 aromatic rings. The molecule has 0 saturated heterocycles. The number of rotatable bonds is 9. The smallest absolute Gasteiger partial charge is 0.305 e. The van der Waals surface area contributed by atoms with Crippen LogP contribution < -0.4 is 9.62 Å². The van der Waals surface area contributed by atoms with Crippen molar-refractivity contribution in [3.8, 4) is 0 Å². The molecule has 0 bridgehead atoms. The summed E-state index contributed by atoms with van der Waals surface area (Å²) in [7, 11) is -1.96. The van der Waals surface area contributed by atoms with Crippen LogP contribution in [0.4, 0.5) is 5.69 Å². The number of carbonyl (C=O) groups is 1. The molecule has 0 spiro atoms. The summed E-state index contributed by atoms with van der Waals surface area (Å²) in [6.45, 7) is 3.03. The van der Waals surface area contributed by atoms with Gasteiger partial charge in [0.2, 0.25) is 0 Å². The first-order valence-corrected chi connectivity index (χ1v) is 12.3. The van der Waals surface area contributed by atoms with Crippen LogP contribution in [0.2, 0.25) is 0 Å². The van der Waals surface area contributed by atoms with Gasteiger partial charge < -0.3 is 10.1 Å². The van der Waals surface area contributed by atoms with Crippen molar-refractivity contribution in [2.75, 3.05) is 24.5 Å². The number of benzene rings is 1. The Balaban J connectivity index is 1.64. The number of nitrogens with one attached hydrogen (secondary N) is 1. The third-order valence-electron chi connectivity index (χ3n) is 5.10. The van der Waals surface area contributed by atoms with Crippen LogP contribution in [0.3, 0.4) is 0 Å². The Hall–Kier alpha value is -1.90. The number of hydrogen-bond acceptors (Lipinski definition) is 6. The molecule has 2 heterocycles. The molecule has 158 valence electrons. The molecule has 1 aliphatic rings. The predicted molar refractivity (Wildman–Crippen MR) is 116 cm³/mol. The van der Waals surface area contributed by atoms with Gasteiger partial charge in [0.25, 0.3) is 10.0 Å². The highest BCUT2D eigenvalue weighted by atomic mass is 32.2. The van der Waals surface area contributed by atoms with Gasteiger partial charge in [-0.15, -0.1) is 11.3 Å². The van der Waals surface area contributed by atoms with Crippen molar-refractivity contribution in [1.29, 1.82) is 0 Å². The number of anilines is 1. The molecule has 6 nitrogen and oxygen atoms in total. The number of esters is 1. The number of hydrogen-bond donors (Lipinski definition) is 1. The van der Waals surface area contributed by atoms with Crippen molar-refractivity contribution >= 4 is 33.0 Å². The zero-order valence-corrected chi connectivity index (χ0v) is 18.5. The summed E-state index contributed by atoms with van der Waals surface area (Å²) >= 11 is 1.57. The van der Waals surface area contributed by atoms with E-state index in [1.165, 1.54) is 4.31 Å². The molecular weight excluding hydrogens is 408 g/mol. The summed E-state index contributed by atoms with van der Waals surface area (Å²) in [6, 6.07) is 8.95. The van der Waals surface area contributed by atoms with Crippen molar-refractivity contribution < 1.29 is 17.9 Å². The Morgan fingerprint density at radius 1 is 1.17 bits per heavy atom. The third-order valence-corrected chi connectivity index (χ3v) is 7.92. The van der Waals surface area contributed by atoms with E-state index in [1.54, 1.807) is 30.5 Å². The van der Waals surface area contributed by atoms with Gasteiger partial charge in [-0.1, -0.05) is 31.0 Å². The third kappa shape index (κ3) is 4.82. The molecule has 0 fully saturated rings. The molecule has 0 saturated carbocycles. The molecule has 29 heavy (non-hydrogen) atoms. The van der Waals surface area contributed by atoms with E-state index in [4.69, 9.17) is 4.74 Å². The zero-order valence-electron chi connectivity index (χ0n) is 16.9. The number of unbranched alkanes of at least 4 members (excludes halogenated alkanes) is 3. The van der Waals surface area contributed by atoms with Crippen LogP contribution >= 0.6 is 11.3 Å². The fourth-order valence-corrected chi connectivity index (χ4v) is 6.11. The quantitative estimate of drug-likeness (QED) is 0.474. The first kappa shape index (κ1) is 21.8. The molecule has 0 radical (unpaired) electrons. The van der Waals surface area contributed by atoms with E-state index in [-0.39, 0.29) is 12.0 Å². The van der Waals surface area contributed by atoms with Crippen LogP contribution in [0.5, 0.6) is 0 Å². The molecule has 1 atom stereocenters. The van der Waals surface area contributed by atoms with E-state index in [0.29, 0.717) is 17.9 Å². The van der Waals surface area contributed by atoms with Gasteiger partial charge in [-0.2, -0.15) is 0 Å². The van der Waals surface area contributed by atoms with Crippen molar-refractivity contribution in [1.82, 2.24) is 5.32 Å². The highest BCUT2D eigenvalue weighted by Gasteiger charge is 2.35. The normalized spacial score (nSPS) is 17.3. The Morgan fingerprint density at radius 2 is 1.93 bits per heavy atom. The second-order valence-electron chi connectivity index (χ2n) is 7.04. The number of ether oxygens (including phenoxy) is 1. The van der Waals surface area contributed by atoms with E-state index >= 15 is 0 Å². The SMILES string of the molecule is CCOC(=O)CCCCCCNC1c2ccccc2S(=O)(=O)N(C)c2ccsc21. The number of fused-ring (bicyclic) bond motifs is 2.